The van der Waals surface area contributed by atoms with Crippen LogP contribution < -0.4 is 15.5 Å². The molecule has 158 valence electrons. The van der Waals surface area contributed by atoms with Crippen molar-refractivity contribution in [2.45, 2.75) is 38.8 Å². The third kappa shape index (κ3) is 7.47. The van der Waals surface area contributed by atoms with Crippen LogP contribution in [0.4, 0.5) is 5.82 Å². The average Bonchev–Trinajstić information content (AvgIpc) is 3.28. The predicted octanol–water partition coefficient (Wildman–Crippen LogP) is 3.48. The maximum atomic E-state index is 10.3. The molecule has 2 heterocycles. The van der Waals surface area contributed by atoms with Gasteiger partial charge in [0.1, 0.15) is 5.82 Å². The van der Waals surface area contributed by atoms with Gasteiger partial charge in [-0.05, 0) is 49.4 Å². The van der Waals surface area contributed by atoms with Gasteiger partial charge in [0.15, 0.2) is 5.96 Å². The molecule has 0 amide bonds. The Balaban J connectivity index is 0.00000300. The van der Waals surface area contributed by atoms with Gasteiger partial charge < -0.3 is 20.6 Å². The summed E-state index contributed by atoms with van der Waals surface area (Å²) in [4.78, 5) is 11.5. The van der Waals surface area contributed by atoms with Crippen LogP contribution in [0.15, 0.2) is 53.7 Å². The molecule has 3 N–H and O–H groups in total. The first kappa shape index (κ1) is 23.4. The van der Waals surface area contributed by atoms with Gasteiger partial charge in [0, 0.05) is 32.4 Å². The van der Waals surface area contributed by atoms with Crippen LogP contribution in [0.5, 0.6) is 0 Å². The fourth-order valence-electron chi connectivity index (χ4n) is 3.36. The third-order valence-electron chi connectivity index (χ3n) is 4.90. The molecule has 1 aromatic carbocycles. The summed E-state index contributed by atoms with van der Waals surface area (Å²) in [7, 11) is 0. The third-order valence-corrected chi connectivity index (χ3v) is 4.90. The SMILES string of the molecule is CCNC(=NCc1ccnc(N2CCCC2)c1)NCCC(O)c1ccccc1.I. The monoisotopic (exact) mass is 509 g/mol. The van der Waals surface area contributed by atoms with E-state index < -0.39 is 6.10 Å². The second-order valence-corrected chi connectivity index (χ2v) is 7.05. The second-order valence-electron chi connectivity index (χ2n) is 7.05. The summed E-state index contributed by atoms with van der Waals surface area (Å²) in [5.41, 5.74) is 2.09. The maximum Gasteiger partial charge on any atom is 0.191 e. The molecule has 0 radical (unpaired) electrons. The molecule has 1 atom stereocenters. The topological polar surface area (TPSA) is 72.8 Å². The van der Waals surface area contributed by atoms with Gasteiger partial charge >= 0.3 is 0 Å². The van der Waals surface area contributed by atoms with E-state index in [1.165, 1.54) is 12.8 Å². The fraction of sp³-hybridized carbons (Fsp3) is 0.455. The van der Waals surface area contributed by atoms with Gasteiger partial charge in [-0.1, -0.05) is 30.3 Å². The number of aromatic nitrogens is 1. The van der Waals surface area contributed by atoms with Crippen LogP contribution in [-0.2, 0) is 6.54 Å². The number of benzene rings is 1. The van der Waals surface area contributed by atoms with Crippen molar-refractivity contribution in [1.82, 2.24) is 15.6 Å². The van der Waals surface area contributed by atoms with Crippen LogP contribution in [0.25, 0.3) is 0 Å². The lowest BCUT2D eigenvalue weighted by molar-refractivity contribution is 0.168. The molecule has 0 bridgehead atoms. The van der Waals surface area contributed by atoms with Crippen LogP contribution in [0.1, 0.15) is 43.4 Å². The lowest BCUT2D eigenvalue weighted by atomic mass is 10.1. The minimum Gasteiger partial charge on any atom is -0.388 e. The Bertz CT molecular complexity index is 750. The summed E-state index contributed by atoms with van der Waals surface area (Å²) in [6.07, 6.45) is 4.51. The van der Waals surface area contributed by atoms with Gasteiger partial charge in [-0.3, -0.25) is 0 Å². The molecule has 7 heteroatoms. The lowest BCUT2D eigenvalue weighted by Gasteiger charge is -2.17. The molecular formula is C22H32IN5O. The molecule has 0 spiro atoms. The number of rotatable bonds is 8. The second kappa shape index (κ2) is 12.6. The zero-order chi connectivity index (χ0) is 19.6. The molecule has 1 aliphatic rings. The first-order valence-corrected chi connectivity index (χ1v) is 10.2. The average molecular weight is 509 g/mol. The Kier molecular flexibility index (Phi) is 10.2. The van der Waals surface area contributed by atoms with E-state index in [0.29, 0.717) is 19.5 Å². The van der Waals surface area contributed by atoms with Crippen LogP contribution in [0.3, 0.4) is 0 Å². The summed E-state index contributed by atoms with van der Waals surface area (Å²) in [5.74, 6) is 1.82. The Morgan fingerprint density at radius 1 is 1.17 bits per heavy atom. The number of pyridine rings is 1. The van der Waals surface area contributed by atoms with Gasteiger partial charge in [-0.15, -0.1) is 24.0 Å². The van der Waals surface area contributed by atoms with Crippen molar-refractivity contribution in [2.75, 3.05) is 31.1 Å². The number of nitrogens with zero attached hydrogens (tertiary/aromatic N) is 3. The summed E-state index contributed by atoms with van der Waals surface area (Å²) >= 11 is 0. The highest BCUT2D eigenvalue weighted by Crippen LogP contribution is 2.19. The zero-order valence-electron chi connectivity index (χ0n) is 17.1. The molecule has 0 saturated carbocycles. The summed E-state index contributed by atoms with van der Waals surface area (Å²) in [6, 6.07) is 13.9. The Hall–Kier alpha value is -1.87. The van der Waals surface area contributed by atoms with Gasteiger partial charge in [0.05, 0.1) is 12.6 Å². The van der Waals surface area contributed by atoms with Gasteiger partial charge in [-0.25, -0.2) is 9.98 Å². The van der Waals surface area contributed by atoms with E-state index in [1.54, 1.807) is 0 Å². The highest BCUT2D eigenvalue weighted by atomic mass is 127. The first-order valence-electron chi connectivity index (χ1n) is 10.2. The van der Waals surface area contributed by atoms with Crippen molar-refractivity contribution in [3.63, 3.8) is 0 Å². The van der Waals surface area contributed by atoms with E-state index in [9.17, 15) is 5.11 Å². The Labute approximate surface area is 190 Å². The van der Waals surface area contributed by atoms with E-state index in [2.05, 4.69) is 31.6 Å². The number of aliphatic hydroxyl groups excluding tert-OH is 1. The number of aliphatic hydroxyl groups is 1. The molecule has 3 rings (SSSR count). The number of halogens is 1. The van der Waals surface area contributed by atoms with Crippen molar-refractivity contribution in [3.05, 3.63) is 59.8 Å². The van der Waals surface area contributed by atoms with Gasteiger partial charge in [0.2, 0.25) is 0 Å². The first-order chi connectivity index (χ1) is 13.8. The van der Waals surface area contributed by atoms with E-state index in [1.807, 2.05) is 49.5 Å². The molecule has 2 aromatic rings. The van der Waals surface area contributed by atoms with Crippen LogP contribution in [0.2, 0.25) is 0 Å². The zero-order valence-corrected chi connectivity index (χ0v) is 19.4. The number of hydrogen-bond donors (Lipinski definition) is 3. The number of hydrogen-bond acceptors (Lipinski definition) is 4. The molecule has 1 aromatic heterocycles. The smallest absolute Gasteiger partial charge is 0.191 e. The van der Waals surface area contributed by atoms with E-state index in [0.717, 1.165) is 42.5 Å². The van der Waals surface area contributed by atoms with E-state index in [-0.39, 0.29) is 24.0 Å². The molecule has 1 aliphatic heterocycles. The minimum absolute atomic E-state index is 0. The molecule has 6 nitrogen and oxygen atoms in total. The Morgan fingerprint density at radius 3 is 2.66 bits per heavy atom. The number of aliphatic imine (C=N–C) groups is 1. The molecule has 1 fully saturated rings. The highest BCUT2D eigenvalue weighted by molar-refractivity contribution is 14.0. The predicted molar refractivity (Wildman–Crippen MR) is 130 cm³/mol. The molecule has 0 aliphatic carbocycles. The molecule has 29 heavy (non-hydrogen) atoms. The van der Waals surface area contributed by atoms with Crippen LogP contribution in [-0.4, -0.2) is 42.2 Å². The normalized spacial score (nSPS) is 15.0. The van der Waals surface area contributed by atoms with E-state index >= 15 is 0 Å². The van der Waals surface area contributed by atoms with Gasteiger partial charge in [-0.2, -0.15) is 0 Å². The Morgan fingerprint density at radius 2 is 1.93 bits per heavy atom. The largest absolute Gasteiger partial charge is 0.388 e. The fourth-order valence-corrected chi connectivity index (χ4v) is 3.36. The summed E-state index contributed by atoms with van der Waals surface area (Å²) < 4.78 is 0. The maximum absolute atomic E-state index is 10.3. The van der Waals surface area contributed by atoms with Crippen LogP contribution in [0, 0.1) is 0 Å². The van der Waals surface area contributed by atoms with Crippen molar-refractivity contribution in [2.24, 2.45) is 4.99 Å². The quantitative estimate of drug-likeness (QED) is 0.289. The lowest BCUT2D eigenvalue weighted by Crippen LogP contribution is -2.38. The minimum atomic E-state index is -0.472. The van der Waals surface area contributed by atoms with Crippen molar-refractivity contribution >= 4 is 35.8 Å². The number of guanidine groups is 1. The summed E-state index contributed by atoms with van der Waals surface area (Å²) in [6.45, 7) is 6.27. The van der Waals surface area contributed by atoms with Crippen molar-refractivity contribution < 1.29 is 5.11 Å². The standard InChI is InChI=1S/C22H31N5O.HI/c1-2-23-22(25-13-11-20(28)19-8-4-3-5-9-19)26-17-18-10-12-24-21(16-18)27-14-6-7-15-27;/h3-5,8-10,12,16,20,28H,2,6-7,11,13-15,17H2,1H3,(H2,23,25,26);1H. The highest BCUT2D eigenvalue weighted by Gasteiger charge is 2.13. The molecule has 1 unspecified atom stereocenters. The summed E-state index contributed by atoms with van der Waals surface area (Å²) in [5, 5.41) is 16.9. The van der Waals surface area contributed by atoms with E-state index in [4.69, 9.17) is 0 Å². The van der Waals surface area contributed by atoms with Crippen LogP contribution >= 0.6 is 24.0 Å². The van der Waals surface area contributed by atoms with Crippen molar-refractivity contribution in [3.8, 4) is 0 Å². The molecular weight excluding hydrogens is 477 g/mol. The van der Waals surface area contributed by atoms with Gasteiger partial charge in [0.25, 0.3) is 0 Å². The number of anilines is 1. The number of nitrogens with one attached hydrogen (secondary N) is 2. The molecule has 1 saturated heterocycles. The van der Waals surface area contributed by atoms with Crippen molar-refractivity contribution in [1.29, 1.82) is 0 Å².